The summed E-state index contributed by atoms with van der Waals surface area (Å²) in [6.07, 6.45) is -1.85. The van der Waals surface area contributed by atoms with Gasteiger partial charge in [-0.2, -0.15) is 13.2 Å². The molecule has 0 fully saturated rings. The van der Waals surface area contributed by atoms with Gasteiger partial charge in [-0.15, -0.1) is 0 Å². The molecule has 0 N–H and O–H groups in total. The van der Waals surface area contributed by atoms with Gasteiger partial charge in [-0.3, -0.25) is 4.90 Å². The predicted octanol–water partition coefficient (Wildman–Crippen LogP) is 3.98. The number of benzene rings is 1. The summed E-state index contributed by atoms with van der Waals surface area (Å²) in [7, 11) is 0. The molecule has 0 bridgehead atoms. The Morgan fingerprint density at radius 2 is 1.92 bits per heavy atom. The molecule has 0 aliphatic rings. The van der Waals surface area contributed by atoms with Crippen LogP contribution in [-0.2, 0) is 15.7 Å². The molecule has 0 spiro atoms. The zero-order valence-electron chi connectivity index (χ0n) is 14.6. The van der Waals surface area contributed by atoms with Crippen LogP contribution in [0, 0.1) is 11.8 Å². The summed E-state index contributed by atoms with van der Waals surface area (Å²) in [5.74, 6) is 5.13. The number of rotatable bonds is 6. The Morgan fingerprint density at radius 3 is 2.48 bits per heavy atom. The van der Waals surface area contributed by atoms with Crippen molar-refractivity contribution in [2.45, 2.75) is 26.9 Å². The summed E-state index contributed by atoms with van der Waals surface area (Å²) >= 11 is 0. The second kappa shape index (κ2) is 9.90. The third-order valence-electron chi connectivity index (χ3n) is 3.49. The molecule has 0 saturated carbocycles. The second-order valence-corrected chi connectivity index (χ2v) is 5.15. The van der Waals surface area contributed by atoms with Crippen LogP contribution in [0.1, 0.15) is 37.5 Å². The number of hydrogen-bond acceptors (Lipinski definition) is 3. The molecule has 0 aromatic heterocycles. The Labute approximate surface area is 146 Å². The highest BCUT2D eigenvalue weighted by atomic mass is 19.4. The lowest BCUT2D eigenvalue weighted by molar-refractivity contribution is -0.138. The summed E-state index contributed by atoms with van der Waals surface area (Å²) in [5.41, 5.74) is -0.108. The van der Waals surface area contributed by atoms with Crippen molar-refractivity contribution in [1.82, 2.24) is 4.90 Å². The van der Waals surface area contributed by atoms with Crippen LogP contribution >= 0.6 is 0 Å². The van der Waals surface area contributed by atoms with Crippen LogP contribution in [0.25, 0.3) is 6.08 Å². The van der Waals surface area contributed by atoms with Crippen LogP contribution in [-0.4, -0.2) is 37.1 Å². The molecular formula is C19H22F3NO2. The molecule has 0 radical (unpaired) electrons. The third-order valence-corrected chi connectivity index (χ3v) is 3.49. The second-order valence-electron chi connectivity index (χ2n) is 5.15. The molecule has 0 saturated heterocycles. The molecule has 136 valence electrons. The van der Waals surface area contributed by atoms with Crippen LogP contribution < -0.4 is 0 Å². The minimum absolute atomic E-state index is 0.225. The SMILES string of the molecule is CCOC(=O)C=Cc1ccc(C(F)(F)F)cc1C#CCN(CC)CC. The maximum atomic E-state index is 12.9. The molecule has 0 aliphatic carbocycles. The van der Waals surface area contributed by atoms with Crippen molar-refractivity contribution in [2.75, 3.05) is 26.2 Å². The number of hydrogen-bond donors (Lipinski definition) is 0. The van der Waals surface area contributed by atoms with E-state index in [1.54, 1.807) is 6.92 Å². The average Bonchev–Trinajstić information content (AvgIpc) is 2.56. The number of carbonyl (C=O) groups excluding carboxylic acids is 1. The molecule has 3 nitrogen and oxygen atoms in total. The van der Waals surface area contributed by atoms with Crippen molar-refractivity contribution < 1.29 is 22.7 Å². The van der Waals surface area contributed by atoms with Gasteiger partial charge in [-0.25, -0.2) is 4.79 Å². The summed E-state index contributed by atoms with van der Waals surface area (Å²) in [6, 6.07) is 3.28. The van der Waals surface area contributed by atoms with Gasteiger partial charge in [0, 0.05) is 11.6 Å². The Bertz CT molecular complexity index is 665. The number of ether oxygens (including phenoxy) is 1. The predicted molar refractivity (Wildman–Crippen MR) is 91.8 cm³/mol. The quantitative estimate of drug-likeness (QED) is 0.440. The number of esters is 1. The third kappa shape index (κ3) is 7.02. The molecule has 1 aromatic rings. The summed E-state index contributed by atoms with van der Waals surface area (Å²) in [4.78, 5) is 13.5. The van der Waals surface area contributed by atoms with Gasteiger partial charge in [-0.05, 0) is 43.8 Å². The molecule has 0 amide bonds. The fourth-order valence-electron chi connectivity index (χ4n) is 2.03. The van der Waals surface area contributed by atoms with Gasteiger partial charge in [0.1, 0.15) is 0 Å². The van der Waals surface area contributed by atoms with Crippen LogP contribution in [0.2, 0.25) is 0 Å². The summed E-state index contributed by atoms with van der Waals surface area (Å²) in [6.45, 7) is 7.96. The maximum Gasteiger partial charge on any atom is 0.416 e. The molecular weight excluding hydrogens is 331 g/mol. The largest absolute Gasteiger partial charge is 0.463 e. The molecule has 6 heteroatoms. The summed E-state index contributed by atoms with van der Waals surface area (Å²) in [5, 5.41) is 0. The lowest BCUT2D eigenvalue weighted by atomic mass is 10.0. The molecule has 1 aromatic carbocycles. The first-order valence-corrected chi connectivity index (χ1v) is 8.09. The van der Waals surface area contributed by atoms with Gasteiger partial charge >= 0.3 is 12.1 Å². The van der Waals surface area contributed by atoms with E-state index in [0.29, 0.717) is 12.1 Å². The first-order valence-electron chi connectivity index (χ1n) is 8.09. The van der Waals surface area contributed by atoms with Gasteiger partial charge in [0.15, 0.2) is 0 Å². The highest BCUT2D eigenvalue weighted by Crippen LogP contribution is 2.30. The van der Waals surface area contributed by atoms with Crippen molar-refractivity contribution in [1.29, 1.82) is 0 Å². The standard InChI is InChI=1S/C19H22F3NO2/c1-4-23(5-2)13-7-8-16-14-17(19(20,21)22)11-9-15(16)10-12-18(24)25-6-3/h9-12,14H,4-6,13H2,1-3H3. The lowest BCUT2D eigenvalue weighted by Crippen LogP contribution is -2.22. The molecule has 0 unspecified atom stereocenters. The molecule has 25 heavy (non-hydrogen) atoms. The van der Waals surface area contributed by atoms with Crippen molar-refractivity contribution in [3.63, 3.8) is 0 Å². The summed E-state index contributed by atoms with van der Waals surface area (Å²) < 4.78 is 43.5. The Kier molecular flexibility index (Phi) is 8.23. The van der Waals surface area contributed by atoms with Crippen molar-refractivity contribution in [2.24, 2.45) is 0 Å². The Balaban J connectivity index is 3.15. The lowest BCUT2D eigenvalue weighted by Gasteiger charge is -2.13. The Morgan fingerprint density at radius 1 is 1.24 bits per heavy atom. The van der Waals surface area contributed by atoms with E-state index in [4.69, 9.17) is 4.74 Å². The number of nitrogens with zero attached hydrogens (tertiary/aromatic N) is 1. The van der Waals surface area contributed by atoms with E-state index < -0.39 is 17.7 Å². The van der Waals surface area contributed by atoms with Crippen molar-refractivity contribution >= 4 is 12.0 Å². The van der Waals surface area contributed by atoms with Crippen molar-refractivity contribution in [3.8, 4) is 11.8 Å². The zero-order valence-corrected chi connectivity index (χ0v) is 14.6. The van der Waals surface area contributed by atoms with E-state index in [1.165, 1.54) is 18.2 Å². The van der Waals surface area contributed by atoms with E-state index in [-0.39, 0.29) is 12.2 Å². The van der Waals surface area contributed by atoms with Gasteiger partial charge in [-0.1, -0.05) is 31.8 Å². The fourth-order valence-corrected chi connectivity index (χ4v) is 2.03. The maximum absolute atomic E-state index is 12.9. The van der Waals surface area contributed by atoms with Gasteiger partial charge in [0.2, 0.25) is 0 Å². The topological polar surface area (TPSA) is 29.5 Å². The number of carbonyl (C=O) groups is 1. The molecule has 0 heterocycles. The highest BCUT2D eigenvalue weighted by molar-refractivity contribution is 5.87. The van der Waals surface area contributed by atoms with Gasteiger partial charge in [0.25, 0.3) is 0 Å². The van der Waals surface area contributed by atoms with Crippen LogP contribution in [0.5, 0.6) is 0 Å². The minimum atomic E-state index is -4.45. The van der Waals surface area contributed by atoms with E-state index in [2.05, 4.69) is 16.7 Å². The Hall–Kier alpha value is -2.26. The van der Waals surface area contributed by atoms with Gasteiger partial charge in [0.05, 0.1) is 18.7 Å². The average molecular weight is 353 g/mol. The monoisotopic (exact) mass is 353 g/mol. The van der Waals surface area contributed by atoms with Crippen LogP contribution in [0.15, 0.2) is 24.3 Å². The van der Waals surface area contributed by atoms with E-state index in [1.807, 2.05) is 13.8 Å². The van der Waals surface area contributed by atoms with E-state index in [9.17, 15) is 18.0 Å². The normalized spacial score (nSPS) is 11.5. The first-order chi connectivity index (χ1) is 11.8. The first kappa shape index (κ1) is 20.8. The number of alkyl halides is 3. The van der Waals surface area contributed by atoms with Gasteiger partial charge < -0.3 is 4.74 Å². The molecule has 1 rings (SSSR count). The van der Waals surface area contributed by atoms with E-state index >= 15 is 0 Å². The van der Waals surface area contributed by atoms with Crippen LogP contribution in [0.3, 0.4) is 0 Å². The van der Waals surface area contributed by atoms with E-state index in [0.717, 1.165) is 25.2 Å². The zero-order chi connectivity index (χ0) is 18.9. The molecule has 0 atom stereocenters. The minimum Gasteiger partial charge on any atom is -0.463 e. The van der Waals surface area contributed by atoms with Crippen molar-refractivity contribution in [3.05, 3.63) is 41.0 Å². The fraction of sp³-hybridized carbons (Fsp3) is 0.421. The smallest absolute Gasteiger partial charge is 0.416 e. The molecule has 0 aliphatic heterocycles. The number of halogens is 3. The highest BCUT2D eigenvalue weighted by Gasteiger charge is 2.30. The van der Waals surface area contributed by atoms with Crippen LogP contribution in [0.4, 0.5) is 13.2 Å².